The third kappa shape index (κ3) is 5.32. The summed E-state index contributed by atoms with van der Waals surface area (Å²) in [7, 11) is 1.66. The minimum atomic E-state index is 0. The van der Waals surface area contributed by atoms with E-state index in [1.54, 1.807) is 7.11 Å². The number of ether oxygens (including phenoxy) is 1. The fraction of sp³-hybridized carbons (Fsp3) is 0.500. The maximum atomic E-state index is 9.11. The van der Waals surface area contributed by atoms with Gasteiger partial charge in [0.1, 0.15) is 5.75 Å². The molecule has 0 unspecified atom stereocenters. The summed E-state index contributed by atoms with van der Waals surface area (Å²) in [6.07, 6.45) is 0.492. The van der Waals surface area contributed by atoms with E-state index in [1.165, 1.54) is 0 Å². The minimum Gasteiger partial charge on any atom is -0.497 e. The highest BCUT2D eigenvalue weighted by atomic mass is 79.9. The van der Waals surface area contributed by atoms with Crippen LogP contribution >= 0.6 is 40.7 Å². The molecule has 4 nitrogen and oxygen atoms in total. The summed E-state index contributed by atoms with van der Waals surface area (Å²) in [5, 5.41) is 12.4. The van der Waals surface area contributed by atoms with Crippen LogP contribution < -0.4 is 10.1 Å². The second kappa shape index (κ2) is 10.3. The van der Waals surface area contributed by atoms with Crippen LogP contribution in [0.3, 0.4) is 0 Å². The Morgan fingerprint density at radius 1 is 1.38 bits per heavy atom. The van der Waals surface area contributed by atoms with E-state index in [1.807, 2.05) is 18.2 Å². The molecule has 0 radical (unpaired) electrons. The van der Waals surface area contributed by atoms with Gasteiger partial charge < -0.3 is 10.1 Å². The van der Waals surface area contributed by atoms with Crippen LogP contribution in [0, 0.1) is 11.3 Å². The zero-order valence-electron chi connectivity index (χ0n) is 11.8. The second-order valence-corrected chi connectivity index (χ2v) is 5.41. The topological polar surface area (TPSA) is 48.3 Å². The van der Waals surface area contributed by atoms with Gasteiger partial charge in [-0.25, -0.2) is 0 Å². The molecule has 0 saturated carbocycles. The molecule has 21 heavy (non-hydrogen) atoms. The second-order valence-electron chi connectivity index (χ2n) is 4.55. The molecule has 1 aliphatic heterocycles. The van der Waals surface area contributed by atoms with Crippen LogP contribution in [0.5, 0.6) is 5.75 Å². The smallest absolute Gasteiger partial charge is 0.119 e. The monoisotopic (exact) mass is 395 g/mol. The maximum Gasteiger partial charge on any atom is 0.119 e. The SMILES string of the molecule is COc1ccc(Br)c([C@H](CC#N)N2CCNCC2)c1.Cl.Cl. The molecule has 0 amide bonds. The van der Waals surface area contributed by atoms with E-state index in [0.29, 0.717) is 6.42 Å². The van der Waals surface area contributed by atoms with Crippen molar-refractivity contribution >= 4 is 40.7 Å². The largest absolute Gasteiger partial charge is 0.497 e. The molecule has 1 aromatic rings. The summed E-state index contributed by atoms with van der Waals surface area (Å²) in [5.74, 6) is 0.830. The van der Waals surface area contributed by atoms with Crippen molar-refractivity contribution in [3.63, 3.8) is 0 Å². The molecule has 1 aliphatic rings. The predicted octanol–water partition coefficient (Wildman–Crippen LogP) is 3.16. The molecule has 7 heteroatoms. The maximum absolute atomic E-state index is 9.11. The molecule has 0 spiro atoms. The van der Waals surface area contributed by atoms with Crippen LogP contribution in [0.15, 0.2) is 22.7 Å². The summed E-state index contributed by atoms with van der Waals surface area (Å²) in [4.78, 5) is 2.36. The number of methoxy groups -OCH3 is 1. The summed E-state index contributed by atoms with van der Waals surface area (Å²) < 4.78 is 6.33. The van der Waals surface area contributed by atoms with Crippen LogP contribution in [0.4, 0.5) is 0 Å². The number of piperazine rings is 1. The first-order chi connectivity index (χ1) is 9.26. The first-order valence-corrected chi connectivity index (χ1v) is 7.20. The number of benzene rings is 1. The zero-order chi connectivity index (χ0) is 13.7. The van der Waals surface area contributed by atoms with Crippen molar-refractivity contribution in [2.45, 2.75) is 12.5 Å². The lowest BCUT2D eigenvalue weighted by molar-refractivity contribution is 0.175. The molecule has 0 aromatic heterocycles. The lowest BCUT2D eigenvalue weighted by Gasteiger charge is -2.34. The summed E-state index contributed by atoms with van der Waals surface area (Å²) in [6.45, 7) is 3.89. The predicted molar refractivity (Wildman–Crippen MR) is 92.6 cm³/mol. The van der Waals surface area contributed by atoms with Crippen molar-refractivity contribution in [1.82, 2.24) is 10.2 Å². The van der Waals surface area contributed by atoms with Crippen LogP contribution in [0.25, 0.3) is 0 Å². The molecule has 1 atom stereocenters. The summed E-state index contributed by atoms with van der Waals surface area (Å²) >= 11 is 3.59. The summed E-state index contributed by atoms with van der Waals surface area (Å²) in [6, 6.07) is 8.36. The van der Waals surface area contributed by atoms with Gasteiger partial charge in [-0.05, 0) is 23.8 Å². The highest BCUT2D eigenvalue weighted by Gasteiger charge is 2.24. The van der Waals surface area contributed by atoms with E-state index in [0.717, 1.165) is 42.0 Å². The van der Waals surface area contributed by atoms with Gasteiger partial charge in [0, 0.05) is 36.7 Å². The lowest BCUT2D eigenvalue weighted by atomic mass is 10.0. The first kappa shape index (κ1) is 20.5. The Morgan fingerprint density at radius 3 is 2.62 bits per heavy atom. The van der Waals surface area contributed by atoms with Crippen LogP contribution in [-0.2, 0) is 0 Å². The Hall–Kier alpha value is -0.510. The van der Waals surface area contributed by atoms with Gasteiger partial charge in [0.2, 0.25) is 0 Å². The van der Waals surface area contributed by atoms with Crippen molar-refractivity contribution in [2.75, 3.05) is 33.3 Å². The number of hydrogen-bond donors (Lipinski definition) is 1. The van der Waals surface area contributed by atoms with Gasteiger partial charge >= 0.3 is 0 Å². The van der Waals surface area contributed by atoms with Crippen LogP contribution in [0.1, 0.15) is 18.0 Å². The Balaban J connectivity index is 0.00000200. The molecule has 0 aliphatic carbocycles. The van der Waals surface area contributed by atoms with Gasteiger partial charge in [-0.1, -0.05) is 15.9 Å². The van der Waals surface area contributed by atoms with Gasteiger partial charge in [-0.2, -0.15) is 5.26 Å². The van der Waals surface area contributed by atoms with E-state index >= 15 is 0 Å². The average Bonchev–Trinajstić information content (AvgIpc) is 2.47. The Bertz CT molecular complexity index is 476. The normalized spacial score (nSPS) is 16.0. The van der Waals surface area contributed by atoms with Crippen LogP contribution in [0.2, 0.25) is 0 Å². The molecule has 1 heterocycles. The van der Waals surface area contributed by atoms with Gasteiger partial charge in [0.05, 0.1) is 19.6 Å². The molecular weight excluding hydrogens is 377 g/mol. The van der Waals surface area contributed by atoms with Crippen molar-refractivity contribution in [3.05, 3.63) is 28.2 Å². The minimum absolute atomic E-state index is 0. The van der Waals surface area contributed by atoms with E-state index in [-0.39, 0.29) is 30.9 Å². The molecule has 1 saturated heterocycles. The number of nitrogens with one attached hydrogen (secondary N) is 1. The molecule has 1 fully saturated rings. The first-order valence-electron chi connectivity index (χ1n) is 6.41. The third-order valence-electron chi connectivity index (χ3n) is 3.44. The van der Waals surface area contributed by atoms with Crippen molar-refractivity contribution in [3.8, 4) is 11.8 Å². The van der Waals surface area contributed by atoms with E-state index in [9.17, 15) is 0 Å². The molecular formula is C14H20BrCl2N3O. The molecule has 1 N–H and O–H groups in total. The number of nitriles is 1. The number of rotatable bonds is 4. The van der Waals surface area contributed by atoms with E-state index < -0.39 is 0 Å². The third-order valence-corrected chi connectivity index (χ3v) is 4.16. The fourth-order valence-corrected chi connectivity index (χ4v) is 2.93. The number of nitrogens with zero attached hydrogens (tertiary/aromatic N) is 2. The average molecular weight is 397 g/mol. The highest BCUT2D eigenvalue weighted by molar-refractivity contribution is 9.10. The number of halogens is 3. The lowest BCUT2D eigenvalue weighted by Crippen LogP contribution is -2.45. The Kier molecular flexibility index (Phi) is 10.0. The van der Waals surface area contributed by atoms with E-state index in [4.69, 9.17) is 10.00 Å². The van der Waals surface area contributed by atoms with Crippen LogP contribution in [-0.4, -0.2) is 38.2 Å². The molecule has 118 valence electrons. The van der Waals surface area contributed by atoms with Gasteiger partial charge in [-0.3, -0.25) is 4.90 Å². The Morgan fingerprint density at radius 2 is 2.05 bits per heavy atom. The fourth-order valence-electron chi connectivity index (χ4n) is 2.42. The van der Waals surface area contributed by atoms with Gasteiger partial charge in [0.15, 0.2) is 0 Å². The summed E-state index contributed by atoms with van der Waals surface area (Å²) in [5.41, 5.74) is 1.13. The Labute approximate surface area is 146 Å². The van der Waals surface area contributed by atoms with E-state index in [2.05, 4.69) is 32.2 Å². The molecule has 0 bridgehead atoms. The van der Waals surface area contributed by atoms with Gasteiger partial charge in [0.25, 0.3) is 0 Å². The van der Waals surface area contributed by atoms with Crippen molar-refractivity contribution in [1.29, 1.82) is 5.26 Å². The molecule has 2 rings (SSSR count). The number of hydrogen-bond acceptors (Lipinski definition) is 4. The molecule has 1 aromatic carbocycles. The standard InChI is InChI=1S/C14H18BrN3O.2ClH/c1-19-11-2-3-13(15)12(10-11)14(4-5-16)18-8-6-17-7-9-18;;/h2-3,10,14,17H,4,6-9H2,1H3;2*1H/t14-;;/m0../s1. The van der Waals surface area contributed by atoms with Crippen molar-refractivity contribution < 1.29 is 4.74 Å². The van der Waals surface area contributed by atoms with Crippen molar-refractivity contribution in [2.24, 2.45) is 0 Å². The quantitative estimate of drug-likeness (QED) is 0.849. The highest BCUT2D eigenvalue weighted by Crippen LogP contribution is 2.33. The van der Waals surface area contributed by atoms with Gasteiger partial charge in [-0.15, -0.1) is 24.8 Å². The zero-order valence-corrected chi connectivity index (χ0v) is 15.1.